The summed E-state index contributed by atoms with van der Waals surface area (Å²) in [5.41, 5.74) is 31.8. The molecule has 14 aromatic carbocycles. The molecule has 0 amide bonds. The van der Waals surface area contributed by atoms with Crippen molar-refractivity contribution in [2.24, 2.45) is 0 Å². The van der Waals surface area contributed by atoms with Gasteiger partial charge in [-0.05, 0) is 214 Å². The van der Waals surface area contributed by atoms with E-state index in [4.69, 9.17) is 22.1 Å². The second-order valence-electron chi connectivity index (χ2n) is 37.4. The van der Waals surface area contributed by atoms with Gasteiger partial charge in [-0.25, -0.2) is 0 Å². The molecule has 0 radical (unpaired) electrons. The molecule has 15 heteroatoms. The molecule has 10 heterocycles. The minimum absolute atomic E-state index is 0.143. The van der Waals surface area contributed by atoms with Crippen LogP contribution in [0, 0.1) is 34.6 Å². The van der Waals surface area contributed by atoms with E-state index in [1.807, 2.05) is 54.6 Å². The predicted molar refractivity (Wildman–Crippen MR) is 561 cm³/mol. The Hall–Kier alpha value is -14.7. The van der Waals surface area contributed by atoms with Crippen molar-refractivity contribution in [2.45, 2.75) is 179 Å². The Kier molecular flexibility index (Phi) is 22.6. The van der Waals surface area contributed by atoms with Crippen LogP contribution in [-0.2, 0) is 0 Å². The summed E-state index contributed by atoms with van der Waals surface area (Å²) in [5.74, 6) is 0.915. The van der Waals surface area contributed by atoms with E-state index in [1.54, 1.807) is 0 Å². The number of hydrogen-bond donors (Lipinski definition) is 0. The van der Waals surface area contributed by atoms with Crippen molar-refractivity contribution in [3.63, 3.8) is 0 Å². The number of anilines is 11. The highest BCUT2D eigenvalue weighted by Gasteiger charge is 2.40. The minimum atomic E-state index is 0.143. The van der Waals surface area contributed by atoms with Gasteiger partial charge in [0.15, 0.2) is 27.9 Å². The Bertz CT molecular complexity index is 7700. The average Bonchev–Trinajstić information content (AvgIpc) is 1.58. The van der Waals surface area contributed by atoms with Gasteiger partial charge >= 0.3 is 0 Å². The molecule has 0 fully saturated rings. The third-order valence-corrected chi connectivity index (χ3v) is 27.9. The molecule has 0 aliphatic carbocycles. The number of furan rings is 5. The fourth-order valence-corrected chi connectivity index (χ4v) is 21.2. The van der Waals surface area contributed by atoms with Gasteiger partial charge in [-0.1, -0.05) is 240 Å². The average molecular weight is 1760 g/mol. The molecule has 19 aromatic rings. The molecule has 0 unspecified atom stereocenters. The van der Waals surface area contributed by atoms with Gasteiger partial charge in [0.25, 0.3) is 0 Å². The van der Waals surface area contributed by atoms with Gasteiger partial charge in [-0.2, -0.15) is 0 Å². The van der Waals surface area contributed by atoms with Crippen molar-refractivity contribution in [2.75, 3.05) is 51.1 Å². The molecule has 0 bridgehead atoms. The third kappa shape index (κ3) is 14.8. The second-order valence-corrected chi connectivity index (χ2v) is 37.4. The van der Waals surface area contributed by atoms with Crippen LogP contribution >= 0.6 is 0 Å². The molecule has 5 aliphatic rings. The lowest BCUT2D eigenvalue weighted by Crippen LogP contribution is -2.42. The van der Waals surface area contributed by atoms with Gasteiger partial charge in [0.1, 0.15) is 58.7 Å². The van der Waals surface area contributed by atoms with Crippen molar-refractivity contribution >= 4 is 172 Å². The summed E-state index contributed by atoms with van der Waals surface area (Å²) < 4.78 is 31.6. The molecule has 5 aliphatic heterocycles. The quantitative estimate of drug-likeness (QED) is 0.123. The molecular weight excluding hydrogens is 1640 g/mol. The zero-order chi connectivity index (χ0) is 92.2. The maximum absolute atomic E-state index is 6.40. The van der Waals surface area contributed by atoms with E-state index in [0.717, 1.165) is 72.9 Å². The summed E-state index contributed by atoms with van der Waals surface area (Å²) in [6.45, 7) is 40.1. The van der Waals surface area contributed by atoms with E-state index in [0.29, 0.717) is 23.9 Å². The highest BCUT2D eigenvalue weighted by Crippen LogP contribution is 2.53. The van der Waals surface area contributed by atoms with Gasteiger partial charge in [-0.3, -0.25) is 0 Å². The van der Waals surface area contributed by atoms with E-state index >= 15 is 0 Å². The highest BCUT2D eigenvalue weighted by atomic mass is 16.3. The summed E-state index contributed by atoms with van der Waals surface area (Å²) in [7, 11) is 2.15. The first-order valence-corrected chi connectivity index (χ1v) is 47.2. The van der Waals surface area contributed by atoms with Crippen LogP contribution in [0.25, 0.3) is 110 Å². The Morgan fingerprint density at radius 3 is 0.895 bits per heavy atom. The van der Waals surface area contributed by atoms with Crippen molar-refractivity contribution in [1.82, 2.24) is 4.90 Å². The first-order chi connectivity index (χ1) is 64.4. The molecule has 0 saturated carbocycles. The monoisotopic (exact) mass is 1750 g/mol. The lowest BCUT2D eigenvalue weighted by Gasteiger charge is -2.34. The van der Waals surface area contributed by atoms with Gasteiger partial charge in [0.2, 0.25) is 0 Å². The largest absolute Gasteiger partial charge is 0.454 e. The van der Waals surface area contributed by atoms with Gasteiger partial charge in [0, 0.05) is 122 Å². The van der Waals surface area contributed by atoms with Crippen LogP contribution in [0.1, 0.15) is 141 Å². The molecule has 5 aromatic heterocycles. The molecule has 133 heavy (non-hydrogen) atoms. The van der Waals surface area contributed by atoms with Crippen molar-refractivity contribution in [3.05, 3.63) is 355 Å². The Morgan fingerprint density at radius 2 is 0.526 bits per heavy atom. The summed E-state index contributed by atoms with van der Waals surface area (Å²) >= 11 is 0. The zero-order valence-corrected chi connectivity index (χ0v) is 79.7. The number of hydrogen-bond acceptors (Lipinski definition) is 15. The van der Waals surface area contributed by atoms with Gasteiger partial charge in [0.05, 0.1) is 51.2 Å². The highest BCUT2D eigenvalue weighted by molar-refractivity contribution is 6.15. The second kappa shape index (κ2) is 34.9. The van der Waals surface area contributed by atoms with E-state index in [9.17, 15) is 0 Å². The van der Waals surface area contributed by atoms with E-state index in [-0.39, 0.29) is 30.8 Å². The minimum Gasteiger partial charge on any atom is -0.454 e. The first kappa shape index (κ1) is 86.3. The first-order valence-electron chi connectivity index (χ1n) is 47.2. The third-order valence-electron chi connectivity index (χ3n) is 27.9. The SMILES string of the molecule is Cc1ccc2c(oc3ccccc32)c1N1C=CN(C(C)C)[C@@H]1C.Cc1ccc2c(oc3ccccc32)c1N1C=CN(c2c(C(C)C)cccc2C(C)C)[C@@H]1C.Cc1ccc2c(oc3ccccc32)c1N1C=CN(c2ccccc2)[C@@H]1C.Cc1ccc2c(oc3ccccc32)c1N1c2ccccc2N(C(C)C)[C@@H]1C.Cc1ccc2c(oc3ccccc32)c1N1c2ccccc2N(C)[C@@H]1C. The summed E-state index contributed by atoms with van der Waals surface area (Å²) in [4.78, 5) is 23.7. The van der Waals surface area contributed by atoms with Gasteiger partial charge < -0.3 is 71.1 Å². The molecule has 5 atom stereocenters. The maximum Gasteiger partial charge on any atom is 0.159 e. The Labute approximate surface area is 780 Å². The molecule has 0 spiro atoms. The number of para-hydroxylation sites is 11. The van der Waals surface area contributed by atoms with Crippen LogP contribution < -0.4 is 44.1 Å². The van der Waals surface area contributed by atoms with Crippen molar-refractivity contribution < 1.29 is 22.1 Å². The smallest absolute Gasteiger partial charge is 0.159 e. The lowest BCUT2D eigenvalue weighted by molar-refractivity contribution is 0.263. The van der Waals surface area contributed by atoms with Crippen LogP contribution in [0.4, 0.5) is 62.6 Å². The van der Waals surface area contributed by atoms with E-state index in [2.05, 4.69) is 442 Å². The fraction of sp³-hybridized carbons (Fsp3) is 0.237. The molecule has 15 nitrogen and oxygen atoms in total. The van der Waals surface area contributed by atoms with Crippen molar-refractivity contribution in [1.29, 1.82) is 0 Å². The fourth-order valence-electron chi connectivity index (χ4n) is 21.2. The van der Waals surface area contributed by atoms with Crippen LogP contribution in [-0.4, -0.2) is 54.9 Å². The van der Waals surface area contributed by atoms with Crippen LogP contribution in [0.5, 0.6) is 0 Å². The standard InChI is InChI=1S/C29H32N2O.C24H24N2O.C23H20N2O.C22H20N2O.C20H22N2O/c1-18(2)22-11-9-12-23(19(3)4)28(22)31-17-16-30(21(31)6)27-20(5)14-15-25-24-10-7-8-13-26(24)32-29(25)27;1-15(2)25-17(4)26(21-11-7-6-10-20(21)25)23-16(3)13-14-19-18-9-5-8-12-22(18)27-24(19)23;1-16-12-13-20-19-10-6-7-11-21(19)26-23(20)22(16)25-15-14-24(17(25)2)18-8-4-3-5-9-18;1-14-12-13-17-16-8-4-7-11-20(16)25-22(17)21(14)24-15(2)23(3)18-9-5-6-10-19(18)24;1-13(2)21-11-12-22(15(21)4)19-14(3)9-10-17-16-7-5-6-8-18(16)23-20(17)19/h7-19,21H,1-6H3;5-15,17H,1-4H3;3-15,17H,1-2H3;4-13,15H,1-3H3;5-13,15H,1-4H3/t21-;2*17-;2*15-/m10000/s1. The molecule has 0 saturated heterocycles. The zero-order valence-electron chi connectivity index (χ0n) is 79.7. The summed E-state index contributed by atoms with van der Waals surface area (Å²) in [6, 6.07) is 98.7. The Morgan fingerprint density at radius 1 is 0.233 bits per heavy atom. The van der Waals surface area contributed by atoms with E-state index in [1.165, 1.54) is 138 Å². The summed E-state index contributed by atoms with van der Waals surface area (Å²) in [5, 5.41) is 11.7. The number of aryl methyl sites for hydroxylation is 5. The molecular formula is C118H118N10O5. The Balaban J connectivity index is 0.000000104. The normalized spacial score (nSPS) is 16.9. The number of rotatable bonds is 11. The molecule has 670 valence electrons. The number of benzene rings is 14. The molecule has 24 rings (SSSR count). The predicted octanol–water partition coefficient (Wildman–Crippen LogP) is 32.0. The topological polar surface area (TPSA) is 98.1 Å². The number of fused-ring (bicyclic) bond motifs is 17. The maximum atomic E-state index is 6.40. The number of nitrogens with zero attached hydrogens (tertiary/aromatic N) is 10. The summed E-state index contributed by atoms with van der Waals surface area (Å²) in [6.07, 6.45) is 14.1. The van der Waals surface area contributed by atoms with Crippen LogP contribution in [0.2, 0.25) is 0 Å². The lowest BCUT2D eigenvalue weighted by atomic mass is 9.92. The van der Waals surface area contributed by atoms with Crippen molar-refractivity contribution in [3.8, 4) is 0 Å². The van der Waals surface area contributed by atoms with Crippen LogP contribution in [0.15, 0.2) is 338 Å². The molecule has 0 N–H and O–H groups in total. The van der Waals surface area contributed by atoms with E-state index < -0.39 is 0 Å². The van der Waals surface area contributed by atoms with Gasteiger partial charge in [-0.15, -0.1) is 0 Å². The van der Waals surface area contributed by atoms with Crippen LogP contribution in [0.3, 0.4) is 0 Å².